The molecule has 2 heterocycles. The Kier molecular flexibility index (Phi) is 5.25. The minimum absolute atomic E-state index is 0.103. The number of amides is 3. The first-order valence-corrected chi connectivity index (χ1v) is 11.1. The number of carbonyl (C=O) groups is 4. The monoisotopic (exact) mass is 432 g/mol. The molecule has 0 bridgehead atoms. The lowest BCUT2D eigenvalue weighted by atomic mass is 9.81. The summed E-state index contributed by atoms with van der Waals surface area (Å²) in [6.45, 7) is 0.277. The highest BCUT2D eigenvalue weighted by molar-refractivity contribution is 6.22. The molecule has 5 rings (SSSR count). The second-order valence-corrected chi connectivity index (χ2v) is 8.67. The topological polar surface area (TPSA) is 84.0 Å². The summed E-state index contributed by atoms with van der Waals surface area (Å²) >= 11 is 0. The number of anilines is 2. The van der Waals surface area contributed by atoms with Gasteiger partial charge < -0.3 is 9.64 Å². The Morgan fingerprint density at radius 3 is 2.06 bits per heavy atom. The fraction of sp³-hybridized carbons (Fsp3) is 0.360. The Labute approximate surface area is 185 Å². The average molecular weight is 432 g/mol. The highest BCUT2D eigenvalue weighted by atomic mass is 16.5. The predicted molar refractivity (Wildman–Crippen MR) is 117 cm³/mol. The molecule has 3 amide bonds. The maximum absolute atomic E-state index is 12.7. The highest BCUT2D eigenvalue weighted by Crippen LogP contribution is 2.40. The molecule has 0 radical (unpaired) electrons. The molecule has 0 N–H and O–H groups in total. The minimum atomic E-state index is -0.549. The van der Waals surface area contributed by atoms with E-state index in [0.29, 0.717) is 11.4 Å². The van der Waals surface area contributed by atoms with Crippen molar-refractivity contribution in [2.45, 2.75) is 32.1 Å². The second-order valence-electron chi connectivity index (χ2n) is 8.67. The number of nitrogens with zero attached hydrogens (tertiary/aromatic N) is 2. The van der Waals surface area contributed by atoms with E-state index in [1.165, 1.54) is 4.90 Å². The van der Waals surface area contributed by atoms with E-state index in [-0.39, 0.29) is 42.5 Å². The van der Waals surface area contributed by atoms with E-state index >= 15 is 0 Å². The number of hydrogen-bond acceptors (Lipinski definition) is 5. The van der Waals surface area contributed by atoms with Crippen molar-refractivity contribution < 1.29 is 23.9 Å². The highest BCUT2D eigenvalue weighted by Gasteiger charge is 2.48. The van der Waals surface area contributed by atoms with Gasteiger partial charge in [0.1, 0.15) is 5.75 Å². The number of esters is 1. The van der Waals surface area contributed by atoms with Gasteiger partial charge >= 0.3 is 5.97 Å². The summed E-state index contributed by atoms with van der Waals surface area (Å²) in [5, 5.41) is 0. The number of para-hydroxylation sites is 1. The van der Waals surface area contributed by atoms with Crippen LogP contribution in [0.4, 0.5) is 11.4 Å². The number of benzene rings is 2. The minimum Gasteiger partial charge on any atom is -0.426 e. The number of carbonyl (C=O) groups excluding carboxylic acids is 4. The van der Waals surface area contributed by atoms with Crippen LogP contribution in [0.5, 0.6) is 5.75 Å². The summed E-state index contributed by atoms with van der Waals surface area (Å²) in [5.41, 5.74) is 1.26. The molecule has 32 heavy (non-hydrogen) atoms. The Bertz CT molecular complexity index is 1040. The quantitative estimate of drug-likeness (QED) is 0.420. The van der Waals surface area contributed by atoms with Crippen molar-refractivity contribution in [3.8, 4) is 5.75 Å². The Morgan fingerprint density at radius 2 is 1.44 bits per heavy atom. The molecule has 2 aliphatic heterocycles. The number of imide groups is 1. The molecule has 3 fully saturated rings. The van der Waals surface area contributed by atoms with Crippen LogP contribution in [0.1, 0.15) is 32.1 Å². The van der Waals surface area contributed by atoms with Crippen molar-refractivity contribution in [1.29, 1.82) is 0 Å². The summed E-state index contributed by atoms with van der Waals surface area (Å²) in [5.74, 6) is -1.48. The van der Waals surface area contributed by atoms with Crippen LogP contribution in [0.2, 0.25) is 0 Å². The Morgan fingerprint density at radius 1 is 0.812 bits per heavy atom. The molecule has 164 valence electrons. The average Bonchev–Trinajstić information content (AvgIpc) is 3.33. The van der Waals surface area contributed by atoms with Gasteiger partial charge in [0.2, 0.25) is 17.7 Å². The van der Waals surface area contributed by atoms with Gasteiger partial charge in [-0.05, 0) is 49.2 Å². The van der Waals surface area contributed by atoms with E-state index in [1.807, 2.05) is 30.3 Å². The van der Waals surface area contributed by atoms with Crippen LogP contribution in [0.3, 0.4) is 0 Å². The van der Waals surface area contributed by atoms with E-state index in [1.54, 1.807) is 29.2 Å². The van der Waals surface area contributed by atoms with Crippen LogP contribution in [0.15, 0.2) is 54.6 Å². The van der Waals surface area contributed by atoms with Crippen LogP contribution in [-0.2, 0) is 19.2 Å². The molecular weight excluding hydrogens is 408 g/mol. The third-order valence-electron chi connectivity index (χ3n) is 6.68. The van der Waals surface area contributed by atoms with Crippen molar-refractivity contribution in [2.75, 3.05) is 16.3 Å². The van der Waals surface area contributed by atoms with Gasteiger partial charge in [-0.3, -0.25) is 24.1 Å². The zero-order chi connectivity index (χ0) is 22.2. The molecule has 3 atom stereocenters. The van der Waals surface area contributed by atoms with Crippen molar-refractivity contribution >= 4 is 35.1 Å². The summed E-state index contributed by atoms with van der Waals surface area (Å²) in [6.07, 6.45) is 3.59. The first-order valence-electron chi connectivity index (χ1n) is 11.1. The number of ether oxygens (including phenoxy) is 1. The Hall–Kier alpha value is -3.48. The largest absolute Gasteiger partial charge is 0.426 e. The van der Waals surface area contributed by atoms with Gasteiger partial charge in [0, 0.05) is 18.7 Å². The molecule has 0 unspecified atom stereocenters. The van der Waals surface area contributed by atoms with E-state index < -0.39 is 11.9 Å². The normalized spacial score (nSPS) is 25.2. The second kappa shape index (κ2) is 8.22. The summed E-state index contributed by atoms with van der Waals surface area (Å²) in [7, 11) is 0. The fourth-order valence-corrected chi connectivity index (χ4v) is 5.00. The first kappa shape index (κ1) is 20.4. The fourth-order valence-electron chi connectivity index (χ4n) is 5.00. The van der Waals surface area contributed by atoms with E-state index in [0.717, 1.165) is 31.4 Å². The van der Waals surface area contributed by atoms with Gasteiger partial charge in [-0.2, -0.15) is 0 Å². The molecule has 0 spiro atoms. The van der Waals surface area contributed by atoms with Crippen molar-refractivity contribution in [2.24, 2.45) is 17.8 Å². The van der Waals surface area contributed by atoms with Gasteiger partial charge in [-0.15, -0.1) is 0 Å². The van der Waals surface area contributed by atoms with Gasteiger partial charge in [0.05, 0.1) is 23.4 Å². The predicted octanol–water partition coefficient (Wildman–Crippen LogP) is 3.32. The molecule has 2 aromatic carbocycles. The molecule has 1 saturated carbocycles. The molecule has 0 aromatic heterocycles. The van der Waals surface area contributed by atoms with Gasteiger partial charge in [0.25, 0.3) is 0 Å². The van der Waals surface area contributed by atoms with E-state index in [4.69, 9.17) is 4.74 Å². The third-order valence-corrected chi connectivity index (χ3v) is 6.68. The number of rotatable bonds is 4. The van der Waals surface area contributed by atoms with E-state index in [9.17, 15) is 19.2 Å². The number of fused-ring (bicyclic) bond motifs is 1. The van der Waals surface area contributed by atoms with Crippen LogP contribution in [0, 0.1) is 17.8 Å². The zero-order valence-corrected chi connectivity index (χ0v) is 17.6. The molecule has 1 aliphatic carbocycles. The summed E-state index contributed by atoms with van der Waals surface area (Å²) in [4.78, 5) is 53.4. The van der Waals surface area contributed by atoms with Gasteiger partial charge in [-0.1, -0.05) is 31.0 Å². The van der Waals surface area contributed by atoms with Crippen LogP contribution in [0.25, 0.3) is 0 Å². The standard InChI is InChI=1S/C25H24N2O5/c28-22-14-16(15-26(22)17-6-2-1-3-7-17)25(31)32-19-12-10-18(11-13-19)27-23(29)20-8-4-5-9-21(20)24(27)30/h1-3,6-7,10-13,16,20-21H,4-5,8-9,14-15H2/t16-,20-,21-/m0/s1. The lowest BCUT2D eigenvalue weighted by Gasteiger charge is -2.19. The maximum atomic E-state index is 12.7. The van der Waals surface area contributed by atoms with Crippen LogP contribution in [-0.4, -0.2) is 30.2 Å². The van der Waals surface area contributed by atoms with Gasteiger partial charge in [-0.25, -0.2) is 0 Å². The smallest absolute Gasteiger partial charge is 0.316 e. The van der Waals surface area contributed by atoms with Crippen molar-refractivity contribution in [3.05, 3.63) is 54.6 Å². The van der Waals surface area contributed by atoms with Crippen molar-refractivity contribution in [3.63, 3.8) is 0 Å². The summed E-state index contributed by atoms with van der Waals surface area (Å²) < 4.78 is 5.49. The lowest BCUT2D eigenvalue weighted by Crippen LogP contribution is -2.30. The molecule has 2 aromatic rings. The van der Waals surface area contributed by atoms with Crippen molar-refractivity contribution in [1.82, 2.24) is 0 Å². The Balaban J connectivity index is 1.24. The zero-order valence-electron chi connectivity index (χ0n) is 17.6. The molecule has 2 saturated heterocycles. The lowest BCUT2D eigenvalue weighted by molar-refractivity contribution is -0.139. The molecule has 7 heteroatoms. The SMILES string of the molecule is O=C(Oc1ccc(N2C(=O)[C@H]3CCCC[C@@H]3C2=O)cc1)[C@H]1CC(=O)N(c2ccccc2)C1. The summed E-state index contributed by atoms with van der Waals surface area (Å²) in [6, 6.07) is 15.7. The number of hydrogen-bond donors (Lipinski definition) is 0. The first-order chi connectivity index (χ1) is 15.5. The van der Waals surface area contributed by atoms with Gasteiger partial charge in [0.15, 0.2) is 0 Å². The molecular formula is C25H24N2O5. The third kappa shape index (κ3) is 3.57. The molecule has 7 nitrogen and oxygen atoms in total. The van der Waals surface area contributed by atoms with E-state index in [2.05, 4.69) is 0 Å². The maximum Gasteiger partial charge on any atom is 0.316 e. The van der Waals surface area contributed by atoms with Crippen LogP contribution >= 0.6 is 0 Å². The molecule has 3 aliphatic rings. The van der Waals surface area contributed by atoms with Crippen LogP contribution < -0.4 is 14.5 Å².